The maximum atomic E-state index is 12.3. The van der Waals surface area contributed by atoms with Crippen LogP contribution in [0.5, 0.6) is 0 Å². The third-order valence-electron chi connectivity index (χ3n) is 4.69. The van der Waals surface area contributed by atoms with Crippen molar-refractivity contribution >= 4 is 23.7 Å². The highest BCUT2D eigenvalue weighted by molar-refractivity contribution is 8.02. The van der Waals surface area contributed by atoms with Crippen LogP contribution in [0.15, 0.2) is 91.0 Å². The number of benzene rings is 3. The number of cyclic esters (lactones) is 2. The van der Waals surface area contributed by atoms with E-state index >= 15 is 0 Å². The van der Waals surface area contributed by atoms with Gasteiger partial charge in [0.15, 0.2) is 0 Å². The summed E-state index contributed by atoms with van der Waals surface area (Å²) in [6, 6.07) is 30.3. The van der Waals surface area contributed by atoms with Crippen molar-refractivity contribution in [1.82, 2.24) is 0 Å². The number of carbonyl (C=O) groups excluding carboxylic acids is 2. The van der Waals surface area contributed by atoms with Crippen LogP contribution in [0.4, 0.5) is 0 Å². The molecular formula is C23H18O3S. The maximum Gasteiger partial charge on any atom is 0.327 e. The molecule has 1 aliphatic rings. The van der Waals surface area contributed by atoms with Crippen molar-refractivity contribution in [3.63, 3.8) is 0 Å². The first-order chi connectivity index (χ1) is 13.2. The van der Waals surface area contributed by atoms with Crippen LogP contribution in [0, 0.1) is 0 Å². The number of thioether (sulfide) groups is 1. The second-order valence-electron chi connectivity index (χ2n) is 6.38. The summed E-state index contributed by atoms with van der Waals surface area (Å²) in [4.78, 5) is 24.0. The van der Waals surface area contributed by atoms with Gasteiger partial charge in [0.05, 0.1) is 11.2 Å². The average molecular weight is 374 g/mol. The molecule has 3 aromatic rings. The number of hydrogen-bond donors (Lipinski definition) is 0. The molecule has 27 heavy (non-hydrogen) atoms. The maximum absolute atomic E-state index is 12.3. The van der Waals surface area contributed by atoms with Gasteiger partial charge >= 0.3 is 11.9 Å². The molecule has 1 fully saturated rings. The Balaban J connectivity index is 1.95. The summed E-state index contributed by atoms with van der Waals surface area (Å²) in [5, 5.41) is -0.543. The fourth-order valence-corrected chi connectivity index (χ4v) is 5.09. The number of rotatable bonds is 5. The van der Waals surface area contributed by atoms with Gasteiger partial charge < -0.3 is 4.74 Å². The van der Waals surface area contributed by atoms with Gasteiger partial charge in [-0.3, -0.25) is 9.59 Å². The molecule has 1 unspecified atom stereocenters. The van der Waals surface area contributed by atoms with Crippen LogP contribution in [-0.2, 0) is 19.1 Å². The molecule has 1 saturated heterocycles. The van der Waals surface area contributed by atoms with Crippen molar-refractivity contribution in [2.45, 2.75) is 16.4 Å². The summed E-state index contributed by atoms with van der Waals surface area (Å²) >= 11 is 1.48. The largest absolute Gasteiger partial charge is 0.392 e. The predicted octanol–water partition coefficient (Wildman–Crippen LogP) is 4.55. The number of carbonyl (C=O) groups is 2. The second-order valence-corrected chi connectivity index (χ2v) is 7.80. The SMILES string of the molecule is O=C1CC(SC(c2ccccc2)(c2ccccc2)c2ccccc2)C(=O)O1. The van der Waals surface area contributed by atoms with Crippen molar-refractivity contribution in [2.24, 2.45) is 0 Å². The zero-order valence-electron chi connectivity index (χ0n) is 14.6. The Morgan fingerprint density at radius 3 is 1.44 bits per heavy atom. The lowest BCUT2D eigenvalue weighted by Gasteiger charge is -2.36. The highest BCUT2D eigenvalue weighted by Crippen LogP contribution is 2.51. The molecule has 4 heteroatoms. The van der Waals surface area contributed by atoms with Crippen molar-refractivity contribution in [1.29, 1.82) is 0 Å². The van der Waals surface area contributed by atoms with Gasteiger partial charge in [0, 0.05) is 0 Å². The Morgan fingerprint density at radius 1 is 0.704 bits per heavy atom. The molecular weight excluding hydrogens is 356 g/mol. The molecule has 4 rings (SSSR count). The highest BCUT2D eigenvalue weighted by atomic mass is 32.2. The van der Waals surface area contributed by atoms with Gasteiger partial charge in [0.2, 0.25) is 0 Å². The number of hydrogen-bond acceptors (Lipinski definition) is 4. The summed E-state index contributed by atoms with van der Waals surface area (Å²) in [7, 11) is 0. The number of ether oxygens (including phenoxy) is 1. The molecule has 0 amide bonds. The predicted molar refractivity (Wildman–Crippen MR) is 106 cm³/mol. The minimum absolute atomic E-state index is 0.0950. The van der Waals surface area contributed by atoms with Gasteiger partial charge in [-0.2, -0.15) is 0 Å². The zero-order valence-corrected chi connectivity index (χ0v) is 15.4. The Hall–Kier alpha value is -2.85. The molecule has 0 saturated carbocycles. The molecule has 0 aliphatic carbocycles. The third kappa shape index (κ3) is 3.28. The summed E-state index contributed by atoms with van der Waals surface area (Å²) in [5.74, 6) is -0.919. The zero-order chi connectivity index (χ0) is 18.7. The van der Waals surface area contributed by atoms with E-state index in [1.165, 1.54) is 11.8 Å². The Labute approximate surface area is 162 Å². The summed E-state index contributed by atoms with van der Waals surface area (Å²) < 4.78 is 4.20. The lowest BCUT2D eigenvalue weighted by Crippen LogP contribution is -2.30. The topological polar surface area (TPSA) is 43.4 Å². The average Bonchev–Trinajstić information content (AvgIpc) is 3.04. The molecule has 0 N–H and O–H groups in total. The summed E-state index contributed by atoms with van der Waals surface area (Å²) in [5.41, 5.74) is 3.17. The van der Waals surface area contributed by atoms with E-state index in [2.05, 4.69) is 36.4 Å². The molecule has 1 atom stereocenters. The molecule has 1 heterocycles. The van der Waals surface area contributed by atoms with Gasteiger partial charge in [-0.15, -0.1) is 11.8 Å². The van der Waals surface area contributed by atoms with E-state index < -0.39 is 21.9 Å². The van der Waals surface area contributed by atoms with Crippen LogP contribution in [0.25, 0.3) is 0 Å². The van der Waals surface area contributed by atoms with Crippen LogP contribution in [0.3, 0.4) is 0 Å². The Morgan fingerprint density at radius 2 is 1.11 bits per heavy atom. The first kappa shape index (κ1) is 17.6. The van der Waals surface area contributed by atoms with E-state index in [1.54, 1.807) is 0 Å². The molecule has 3 nitrogen and oxygen atoms in total. The minimum Gasteiger partial charge on any atom is -0.392 e. The van der Waals surface area contributed by atoms with Gasteiger partial charge in [-0.05, 0) is 16.7 Å². The van der Waals surface area contributed by atoms with E-state index in [4.69, 9.17) is 4.74 Å². The van der Waals surface area contributed by atoms with Gasteiger partial charge in [0.1, 0.15) is 5.25 Å². The minimum atomic E-state index is -0.627. The van der Waals surface area contributed by atoms with Gasteiger partial charge in [-0.1, -0.05) is 91.0 Å². The van der Waals surface area contributed by atoms with Crippen LogP contribution >= 0.6 is 11.8 Å². The van der Waals surface area contributed by atoms with Crippen LogP contribution in [0.2, 0.25) is 0 Å². The van der Waals surface area contributed by atoms with Crippen LogP contribution in [-0.4, -0.2) is 17.2 Å². The van der Waals surface area contributed by atoms with E-state index in [1.807, 2.05) is 54.6 Å². The lowest BCUT2D eigenvalue weighted by molar-refractivity contribution is -0.151. The van der Waals surface area contributed by atoms with Gasteiger partial charge in [0.25, 0.3) is 0 Å². The molecule has 3 aromatic carbocycles. The quantitative estimate of drug-likeness (QED) is 0.373. The fraction of sp³-hybridized carbons (Fsp3) is 0.130. The van der Waals surface area contributed by atoms with Crippen molar-refractivity contribution in [3.8, 4) is 0 Å². The van der Waals surface area contributed by atoms with Crippen molar-refractivity contribution in [2.75, 3.05) is 0 Å². The Bertz CT molecular complexity index is 842. The molecule has 134 valence electrons. The first-order valence-electron chi connectivity index (χ1n) is 8.79. The smallest absolute Gasteiger partial charge is 0.327 e. The molecule has 0 spiro atoms. The van der Waals surface area contributed by atoms with E-state index in [9.17, 15) is 9.59 Å². The van der Waals surface area contributed by atoms with Gasteiger partial charge in [-0.25, -0.2) is 0 Å². The summed E-state index contributed by atoms with van der Waals surface area (Å²) in [6.07, 6.45) is 0.0950. The fourth-order valence-electron chi connectivity index (χ4n) is 3.48. The highest BCUT2D eigenvalue weighted by Gasteiger charge is 2.45. The molecule has 0 bridgehead atoms. The van der Waals surface area contributed by atoms with Crippen molar-refractivity contribution < 1.29 is 14.3 Å². The van der Waals surface area contributed by atoms with Crippen LogP contribution < -0.4 is 0 Å². The van der Waals surface area contributed by atoms with E-state index in [0.717, 1.165) is 16.7 Å². The van der Waals surface area contributed by atoms with Crippen molar-refractivity contribution in [3.05, 3.63) is 108 Å². The van der Waals surface area contributed by atoms with E-state index in [-0.39, 0.29) is 6.42 Å². The molecule has 0 radical (unpaired) electrons. The number of esters is 2. The van der Waals surface area contributed by atoms with Crippen LogP contribution in [0.1, 0.15) is 23.1 Å². The Kier molecular flexibility index (Phi) is 4.82. The summed E-state index contributed by atoms with van der Waals surface area (Å²) in [6.45, 7) is 0. The lowest BCUT2D eigenvalue weighted by atomic mass is 9.84. The first-order valence-corrected chi connectivity index (χ1v) is 9.67. The standard InChI is InChI=1S/C23H18O3S/c24-21-16-20(22(25)26-21)27-23(17-10-4-1-5-11-17,18-12-6-2-7-13-18)19-14-8-3-9-15-19/h1-15,20H,16H2. The molecule has 1 aliphatic heterocycles. The normalized spacial score (nSPS) is 17.0. The molecule has 0 aromatic heterocycles. The second kappa shape index (κ2) is 7.41. The monoisotopic (exact) mass is 374 g/mol. The third-order valence-corrected chi connectivity index (χ3v) is 6.39. The van der Waals surface area contributed by atoms with E-state index in [0.29, 0.717) is 0 Å².